The van der Waals surface area contributed by atoms with Crippen molar-refractivity contribution in [2.75, 3.05) is 11.9 Å². The molecule has 0 radical (unpaired) electrons. The maximum atomic E-state index is 13.6. The van der Waals surface area contributed by atoms with Crippen LogP contribution in [0, 0.1) is 11.7 Å². The summed E-state index contributed by atoms with van der Waals surface area (Å²) >= 11 is 0. The van der Waals surface area contributed by atoms with Gasteiger partial charge in [0, 0.05) is 24.2 Å². The van der Waals surface area contributed by atoms with Gasteiger partial charge in [-0.05, 0) is 54.7 Å². The highest BCUT2D eigenvalue weighted by molar-refractivity contribution is 6.06. The number of imide groups is 1. The topological polar surface area (TPSA) is 122 Å². The molecule has 1 fully saturated rings. The smallest absolute Gasteiger partial charge is 0.418 e. The molecule has 4 amide bonds. The van der Waals surface area contributed by atoms with Crippen LogP contribution in [0.2, 0.25) is 0 Å². The van der Waals surface area contributed by atoms with Crippen LogP contribution in [0.3, 0.4) is 0 Å². The molecule has 3 atom stereocenters. The number of carbonyl (C=O) groups excluding carboxylic acids is 4. The van der Waals surface area contributed by atoms with E-state index in [2.05, 4.69) is 5.32 Å². The fourth-order valence-electron chi connectivity index (χ4n) is 4.89. The molecular formula is C28H30F4N4O5. The van der Waals surface area contributed by atoms with Crippen LogP contribution < -0.4 is 11.1 Å². The second kappa shape index (κ2) is 11.1. The summed E-state index contributed by atoms with van der Waals surface area (Å²) in [7, 11) is 0. The van der Waals surface area contributed by atoms with Gasteiger partial charge in [0.2, 0.25) is 17.4 Å². The SMILES string of the molecule is CC(C)C(N)C(=O)Nc1ccc2c(c1)CCC21OC(=O)N(CC(=O)N(Cc2ccc(F)cc2)C(C)C(F)(F)F)C1=O. The van der Waals surface area contributed by atoms with E-state index < -0.39 is 60.7 Å². The summed E-state index contributed by atoms with van der Waals surface area (Å²) in [4.78, 5) is 52.8. The van der Waals surface area contributed by atoms with E-state index in [0.29, 0.717) is 33.0 Å². The largest absolute Gasteiger partial charge is 0.427 e. The summed E-state index contributed by atoms with van der Waals surface area (Å²) in [5, 5.41) is 2.71. The van der Waals surface area contributed by atoms with Gasteiger partial charge in [-0.2, -0.15) is 13.2 Å². The number of alkyl halides is 3. The number of nitrogens with two attached hydrogens (primary N) is 1. The number of nitrogens with zero attached hydrogens (tertiary/aromatic N) is 2. The van der Waals surface area contributed by atoms with Crippen molar-refractivity contribution in [3.05, 3.63) is 65.0 Å². The van der Waals surface area contributed by atoms with Crippen molar-refractivity contribution in [3.63, 3.8) is 0 Å². The highest BCUT2D eigenvalue weighted by atomic mass is 19.4. The maximum Gasteiger partial charge on any atom is 0.418 e. The van der Waals surface area contributed by atoms with Crippen LogP contribution in [0.5, 0.6) is 0 Å². The van der Waals surface area contributed by atoms with Crippen LogP contribution in [0.1, 0.15) is 43.9 Å². The Morgan fingerprint density at radius 2 is 1.78 bits per heavy atom. The number of amides is 4. The van der Waals surface area contributed by atoms with Gasteiger partial charge < -0.3 is 20.7 Å². The quantitative estimate of drug-likeness (QED) is 0.459. The van der Waals surface area contributed by atoms with E-state index in [0.717, 1.165) is 19.1 Å². The third kappa shape index (κ3) is 5.90. The first-order chi connectivity index (χ1) is 19.1. The molecule has 1 aliphatic heterocycles. The Bertz CT molecular complexity index is 1360. The Morgan fingerprint density at radius 1 is 1.12 bits per heavy atom. The van der Waals surface area contributed by atoms with Crippen molar-refractivity contribution in [3.8, 4) is 0 Å². The summed E-state index contributed by atoms with van der Waals surface area (Å²) in [6, 6.07) is 6.29. The van der Waals surface area contributed by atoms with E-state index in [1.165, 1.54) is 24.3 Å². The van der Waals surface area contributed by atoms with Gasteiger partial charge in [0.05, 0.1) is 6.04 Å². The molecule has 1 aliphatic carbocycles. The van der Waals surface area contributed by atoms with Gasteiger partial charge >= 0.3 is 12.3 Å². The maximum absolute atomic E-state index is 13.6. The number of halogens is 4. The summed E-state index contributed by atoms with van der Waals surface area (Å²) < 4.78 is 59.7. The van der Waals surface area contributed by atoms with Crippen LogP contribution in [0.4, 0.5) is 28.0 Å². The number of fused-ring (bicyclic) bond motifs is 2. The minimum absolute atomic E-state index is 0.0543. The molecule has 220 valence electrons. The van der Waals surface area contributed by atoms with Gasteiger partial charge in [0.15, 0.2) is 0 Å². The van der Waals surface area contributed by atoms with Crippen molar-refractivity contribution in [1.82, 2.24) is 9.80 Å². The first-order valence-corrected chi connectivity index (χ1v) is 13.0. The highest BCUT2D eigenvalue weighted by Crippen LogP contribution is 2.46. The summed E-state index contributed by atoms with van der Waals surface area (Å²) in [5.74, 6) is -3.09. The Labute approximate surface area is 233 Å². The molecule has 3 unspecified atom stereocenters. The minimum atomic E-state index is -4.80. The Kier molecular flexibility index (Phi) is 8.12. The molecule has 2 aliphatic rings. The van der Waals surface area contributed by atoms with E-state index in [1.54, 1.807) is 19.9 Å². The number of hydrogen-bond acceptors (Lipinski definition) is 6. The lowest BCUT2D eigenvalue weighted by Gasteiger charge is -2.31. The summed E-state index contributed by atoms with van der Waals surface area (Å²) in [5.41, 5.74) is 5.80. The molecular weight excluding hydrogens is 548 g/mol. The van der Waals surface area contributed by atoms with E-state index in [-0.39, 0.29) is 23.8 Å². The number of carbonyl (C=O) groups is 4. The first kappa shape index (κ1) is 30.0. The zero-order chi connectivity index (χ0) is 30.3. The summed E-state index contributed by atoms with van der Waals surface area (Å²) in [6.07, 6.45) is -5.60. The van der Waals surface area contributed by atoms with Crippen molar-refractivity contribution < 1.29 is 41.5 Å². The van der Waals surface area contributed by atoms with Gasteiger partial charge in [-0.25, -0.2) is 14.1 Å². The fourth-order valence-corrected chi connectivity index (χ4v) is 4.89. The molecule has 0 bridgehead atoms. The van der Waals surface area contributed by atoms with E-state index in [4.69, 9.17) is 10.5 Å². The minimum Gasteiger partial charge on any atom is -0.427 e. The zero-order valence-corrected chi connectivity index (χ0v) is 22.6. The fraction of sp³-hybridized carbons (Fsp3) is 0.429. The van der Waals surface area contributed by atoms with Crippen molar-refractivity contribution in [2.45, 2.75) is 64.0 Å². The number of ether oxygens (including phenoxy) is 1. The number of aryl methyl sites for hydroxylation is 1. The number of nitrogens with one attached hydrogen (secondary N) is 1. The molecule has 2 aromatic rings. The summed E-state index contributed by atoms with van der Waals surface area (Å²) in [6.45, 7) is 2.89. The third-order valence-corrected chi connectivity index (χ3v) is 7.47. The molecule has 0 aromatic heterocycles. The molecule has 41 heavy (non-hydrogen) atoms. The number of hydrogen-bond donors (Lipinski definition) is 2. The molecule has 1 spiro atoms. The predicted octanol–water partition coefficient (Wildman–Crippen LogP) is 3.85. The molecule has 4 rings (SSSR count). The average Bonchev–Trinajstić information content (AvgIpc) is 3.38. The second-order valence-corrected chi connectivity index (χ2v) is 10.6. The Hall–Kier alpha value is -4.00. The number of benzene rings is 2. The zero-order valence-electron chi connectivity index (χ0n) is 22.6. The van der Waals surface area contributed by atoms with E-state index >= 15 is 0 Å². The molecule has 1 saturated heterocycles. The van der Waals surface area contributed by atoms with E-state index in [1.807, 2.05) is 0 Å². The second-order valence-electron chi connectivity index (χ2n) is 10.6. The van der Waals surface area contributed by atoms with Crippen LogP contribution in [0.25, 0.3) is 0 Å². The number of rotatable bonds is 8. The van der Waals surface area contributed by atoms with Gasteiger partial charge in [-0.1, -0.05) is 32.0 Å². The van der Waals surface area contributed by atoms with Crippen LogP contribution in [0.15, 0.2) is 42.5 Å². The highest BCUT2D eigenvalue weighted by Gasteiger charge is 2.58. The van der Waals surface area contributed by atoms with Gasteiger partial charge in [-0.3, -0.25) is 14.4 Å². The molecule has 2 aromatic carbocycles. The van der Waals surface area contributed by atoms with Gasteiger partial charge in [0.1, 0.15) is 18.4 Å². The Balaban J connectivity index is 1.54. The Morgan fingerprint density at radius 3 is 2.39 bits per heavy atom. The van der Waals surface area contributed by atoms with Crippen molar-refractivity contribution in [2.24, 2.45) is 11.7 Å². The lowest BCUT2D eigenvalue weighted by Crippen LogP contribution is -2.51. The lowest BCUT2D eigenvalue weighted by atomic mass is 9.94. The third-order valence-electron chi connectivity index (χ3n) is 7.47. The lowest BCUT2D eigenvalue weighted by molar-refractivity contribution is -0.187. The van der Waals surface area contributed by atoms with Crippen molar-refractivity contribution in [1.29, 1.82) is 0 Å². The molecule has 13 heteroatoms. The first-order valence-electron chi connectivity index (χ1n) is 13.0. The molecule has 1 heterocycles. The molecule has 0 saturated carbocycles. The number of anilines is 1. The average molecular weight is 579 g/mol. The molecule has 3 N–H and O–H groups in total. The van der Waals surface area contributed by atoms with Crippen LogP contribution in [-0.2, 0) is 37.7 Å². The van der Waals surface area contributed by atoms with Crippen LogP contribution in [-0.4, -0.2) is 58.4 Å². The van der Waals surface area contributed by atoms with Crippen molar-refractivity contribution >= 4 is 29.5 Å². The normalized spacial score (nSPS) is 19.8. The predicted molar refractivity (Wildman–Crippen MR) is 139 cm³/mol. The molecule has 9 nitrogen and oxygen atoms in total. The van der Waals surface area contributed by atoms with Crippen LogP contribution >= 0.6 is 0 Å². The van der Waals surface area contributed by atoms with Gasteiger partial charge in [0.25, 0.3) is 5.91 Å². The monoisotopic (exact) mass is 578 g/mol. The standard InChI is InChI=1S/C28H30F4N4O5/c1-15(2)23(33)24(38)34-20-8-9-21-18(12-20)10-11-27(21)25(39)36(26(40)41-27)14-22(37)35(16(3)28(30,31)32)13-17-4-6-19(29)7-5-17/h4-9,12,15-16,23H,10-11,13-14,33H2,1-3H3,(H,34,38). The van der Waals surface area contributed by atoms with E-state index in [9.17, 15) is 36.7 Å². The van der Waals surface area contributed by atoms with Gasteiger partial charge in [-0.15, -0.1) is 0 Å².